The standard InChI is InChI=1S/C22H27N5O/c1-16-14-26(15-23-16)18-8-7-17(13-19(18)28-2)20-24-21-22(9-4-3-5-10-22)11-6-12-27(21)25-20/h7-8,13-15H,3-6,9-12H2,1-2H3. The molecule has 1 aliphatic carbocycles. The molecule has 146 valence electrons. The fourth-order valence-electron chi connectivity index (χ4n) is 4.98. The predicted octanol–water partition coefficient (Wildman–Crippen LogP) is 4.44. The number of hydrogen-bond acceptors (Lipinski definition) is 4. The molecule has 0 N–H and O–H groups in total. The van der Waals surface area contributed by atoms with Crippen molar-refractivity contribution in [2.75, 3.05) is 7.11 Å². The van der Waals surface area contributed by atoms with Crippen LogP contribution >= 0.6 is 0 Å². The van der Waals surface area contributed by atoms with Crippen LogP contribution in [0.1, 0.15) is 56.5 Å². The van der Waals surface area contributed by atoms with Crippen molar-refractivity contribution < 1.29 is 4.74 Å². The van der Waals surface area contributed by atoms with Gasteiger partial charge in [-0.05, 0) is 50.8 Å². The summed E-state index contributed by atoms with van der Waals surface area (Å²) in [6, 6.07) is 6.19. The number of fused-ring (bicyclic) bond motifs is 2. The molecule has 1 aliphatic heterocycles. The monoisotopic (exact) mass is 377 g/mol. The molecule has 6 heteroatoms. The van der Waals surface area contributed by atoms with E-state index in [4.69, 9.17) is 14.8 Å². The van der Waals surface area contributed by atoms with Crippen molar-refractivity contribution in [3.8, 4) is 22.8 Å². The number of nitrogens with zero attached hydrogens (tertiary/aromatic N) is 5. The average Bonchev–Trinajstić information content (AvgIpc) is 3.35. The Labute approximate surface area is 165 Å². The summed E-state index contributed by atoms with van der Waals surface area (Å²) in [5.74, 6) is 2.82. The molecule has 0 radical (unpaired) electrons. The lowest BCUT2D eigenvalue weighted by Crippen LogP contribution is -2.36. The minimum absolute atomic E-state index is 0.250. The Morgan fingerprint density at radius 3 is 2.64 bits per heavy atom. The van der Waals surface area contributed by atoms with Gasteiger partial charge in [0, 0.05) is 23.7 Å². The molecule has 28 heavy (non-hydrogen) atoms. The lowest BCUT2D eigenvalue weighted by atomic mass is 9.69. The van der Waals surface area contributed by atoms with Crippen LogP contribution in [0.5, 0.6) is 5.75 Å². The van der Waals surface area contributed by atoms with E-state index in [2.05, 4.69) is 21.8 Å². The summed E-state index contributed by atoms with van der Waals surface area (Å²) in [7, 11) is 1.70. The number of ether oxygens (including phenoxy) is 1. The van der Waals surface area contributed by atoms with Crippen LogP contribution in [0.2, 0.25) is 0 Å². The third-order valence-electron chi connectivity index (χ3n) is 6.41. The number of aromatic nitrogens is 5. The fraction of sp³-hybridized carbons (Fsp3) is 0.500. The first-order chi connectivity index (χ1) is 13.7. The van der Waals surface area contributed by atoms with E-state index in [1.807, 2.05) is 30.1 Å². The van der Waals surface area contributed by atoms with Gasteiger partial charge >= 0.3 is 0 Å². The molecule has 0 amide bonds. The normalized spacial score (nSPS) is 18.2. The quantitative estimate of drug-likeness (QED) is 0.677. The van der Waals surface area contributed by atoms with Crippen molar-refractivity contribution >= 4 is 0 Å². The van der Waals surface area contributed by atoms with E-state index >= 15 is 0 Å². The Morgan fingerprint density at radius 2 is 1.89 bits per heavy atom. The fourth-order valence-corrected chi connectivity index (χ4v) is 4.98. The summed E-state index contributed by atoms with van der Waals surface area (Å²) in [6.07, 6.45) is 12.8. The topological polar surface area (TPSA) is 57.8 Å². The van der Waals surface area contributed by atoms with E-state index in [1.54, 1.807) is 7.11 Å². The van der Waals surface area contributed by atoms with E-state index < -0.39 is 0 Å². The highest BCUT2D eigenvalue weighted by atomic mass is 16.5. The Balaban J connectivity index is 1.54. The lowest BCUT2D eigenvalue weighted by Gasteiger charge is -2.39. The molecular weight excluding hydrogens is 350 g/mol. The molecule has 2 aromatic heterocycles. The van der Waals surface area contributed by atoms with Crippen LogP contribution in [0.25, 0.3) is 17.1 Å². The number of benzene rings is 1. The van der Waals surface area contributed by atoms with Crippen molar-refractivity contribution in [2.45, 2.75) is 63.8 Å². The maximum absolute atomic E-state index is 5.67. The summed E-state index contributed by atoms with van der Waals surface area (Å²) in [4.78, 5) is 9.38. The van der Waals surface area contributed by atoms with Gasteiger partial charge in [0.2, 0.25) is 0 Å². The van der Waals surface area contributed by atoms with Gasteiger partial charge in [-0.1, -0.05) is 19.3 Å². The molecule has 5 rings (SSSR count). The molecule has 0 atom stereocenters. The molecule has 3 heterocycles. The SMILES string of the molecule is COc1cc(-c2nc3n(n2)CCCC32CCCCC2)ccc1-n1cnc(C)c1. The minimum Gasteiger partial charge on any atom is -0.495 e. The first-order valence-electron chi connectivity index (χ1n) is 10.3. The zero-order valence-electron chi connectivity index (χ0n) is 16.7. The molecule has 1 saturated carbocycles. The van der Waals surface area contributed by atoms with Crippen LogP contribution < -0.4 is 4.74 Å². The lowest BCUT2D eigenvalue weighted by molar-refractivity contribution is 0.212. The molecule has 6 nitrogen and oxygen atoms in total. The first-order valence-corrected chi connectivity index (χ1v) is 10.3. The Bertz CT molecular complexity index is 996. The van der Waals surface area contributed by atoms with Crippen LogP contribution in [0.4, 0.5) is 0 Å². The van der Waals surface area contributed by atoms with Gasteiger partial charge in [0.05, 0.1) is 24.8 Å². The maximum Gasteiger partial charge on any atom is 0.181 e. The van der Waals surface area contributed by atoms with Gasteiger partial charge < -0.3 is 9.30 Å². The Morgan fingerprint density at radius 1 is 1.07 bits per heavy atom. The van der Waals surface area contributed by atoms with Gasteiger partial charge in [-0.25, -0.2) is 14.6 Å². The molecule has 1 spiro atoms. The largest absolute Gasteiger partial charge is 0.495 e. The maximum atomic E-state index is 5.67. The third-order valence-corrected chi connectivity index (χ3v) is 6.41. The van der Waals surface area contributed by atoms with Crippen molar-refractivity contribution in [3.05, 3.63) is 42.2 Å². The molecule has 1 aromatic carbocycles. The molecule has 0 saturated heterocycles. The van der Waals surface area contributed by atoms with Gasteiger partial charge in [0.25, 0.3) is 0 Å². The molecule has 3 aromatic rings. The van der Waals surface area contributed by atoms with Crippen LogP contribution in [0, 0.1) is 6.92 Å². The summed E-state index contributed by atoms with van der Waals surface area (Å²) < 4.78 is 9.83. The number of aryl methyl sites for hydroxylation is 2. The van der Waals surface area contributed by atoms with Crippen LogP contribution in [0.15, 0.2) is 30.7 Å². The van der Waals surface area contributed by atoms with Crippen molar-refractivity contribution in [1.29, 1.82) is 0 Å². The highest BCUT2D eigenvalue weighted by Gasteiger charge is 2.40. The van der Waals surface area contributed by atoms with Crippen molar-refractivity contribution in [1.82, 2.24) is 24.3 Å². The molecular formula is C22H27N5O. The van der Waals surface area contributed by atoms with Crippen LogP contribution in [-0.4, -0.2) is 31.4 Å². The summed E-state index contributed by atoms with van der Waals surface area (Å²) in [6.45, 7) is 2.96. The number of imidazole rings is 1. The zero-order valence-corrected chi connectivity index (χ0v) is 16.7. The molecule has 2 aliphatic rings. The third kappa shape index (κ3) is 2.82. The smallest absolute Gasteiger partial charge is 0.181 e. The second kappa shape index (κ2) is 6.76. The van der Waals surface area contributed by atoms with Crippen LogP contribution in [0.3, 0.4) is 0 Å². The second-order valence-electron chi connectivity index (χ2n) is 8.24. The van der Waals surface area contributed by atoms with Crippen LogP contribution in [-0.2, 0) is 12.0 Å². The number of methoxy groups -OCH3 is 1. The van der Waals surface area contributed by atoms with E-state index in [-0.39, 0.29) is 5.41 Å². The number of hydrogen-bond donors (Lipinski definition) is 0. The molecule has 0 unspecified atom stereocenters. The van der Waals surface area contributed by atoms with Crippen molar-refractivity contribution in [2.24, 2.45) is 0 Å². The number of rotatable bonds is 3. The van der Waals surface area contributed by atoms with Gasteiger partial charge in [0.1, 0.15) is 11.6 Å². The minimum atomic E-state index is 0.250. The zero-order chi connectivity index (χ0) is 19.1. The summed E-state index contributed by atoms with van der Waals surface area (Å²) >= 11 is 0. The summed E-state index contributed by atoms with van der Waals surface area (Å²) in [5.41, 5.74) is 3.21. The average molecular weight is 377 g/mol. The Kier molecular flexibility index (Phi) is 4.22. The second-order valence-corrected chi connectivity index (χ2v) is 8.24. The Hall–Kier alpha value is -2.63. The van der Waals surface area contributed by atoms with Gasteiger partial charge in [-0.15, -0.1) is 0 Å². The predicted molar refractivity (Wildman–Crippen MR) is 108 cm³/mol. The van der Waals surface area contributed by atoms with E-state index in [0.717, 1.165) is 35.1 Å². The van der Waals surface area contributed by atoms with Crippen molar-refractivity contribution in [3.63, 3.8) is 0 Å². The van der Waals surface area contributed by atoms with E-state index in [0.29, 0.717) is 0 Å². The van der Waals surface area contributed by atoms with Gasteiger partial charge in [0.15, 0.2) is 5.82 Å². The van der Waals surface area contributed by atoms with E-state index in [9.17, 15) is 0 Å². The first kappa shape index (κ1) is 17.5. The summed E-state index contributed by atoms with van der Waals surface area (Å²) in [5, 5.41) is 4.88. The van der Waals surface area contributed by atoms with Gasteiger partial charge in [-0.2, -0.15) is 5.10 Å². The highest BCUT2D eigenvalue weighted by molar-refractivity contribution is 5.63. The molecule has 0 bridgehead atoms. The van der Waals surface area contributed by atoms with Gasteiger partial charge in [-0.3, -0.25) is 0 Å². The van der Waals surface area contributed by atoms with E-state index in [1.165, 1.54) is 50.8 Å². The highest BCUT2D eigenvalue weighted by Crippen LogP contribution is 2.45. The molecule has 1 fully saturated rings.